The maximum Gasteiger partial charge on any atom is 0.339 e. The van der Waals surface area contributed by atoms with Crippen molar-refractivity contribution in [3.63, 3.8) is 0 Å². The van der Waals surface area contributed by atoms with Crippen LogP contribution >= 0.6 is 0 Å². The Kier molecular flexibility index (Phi) is 14.4. The number of phenols is 12. The normalized spacial score (nSPS) is 9.47. The molecule has 0 atom stereocenters. The fraction of sp³-hybridized carbons (Fsp3) is 0. The minimum atomic E-state index is -1.37. The molecular weight excluding hydrogens is 672 g/mol. The van der Waals surface area contributed by atoms with Crippen LogP contribution in [0.1, 0.15) is 41.4 Å². The number of carboxylic acids is 4. The highest BCUT2D eigenvalue weighted by atomic mass is 16.4. The molecule has 0 saturated heterocycles. The third kappa shape index (κ3) is 10.2. The summed E-state index contributed by atoms with van der Waals surface area (Å²) in [7, 11) is 0. The van der Waals surface area contributed by atoms with E-state index in [1.54, 1.807) is 0 Å². The Balaban J connectivity index is 0.000000623. The van der Waals surface area contributed by atoms with Gasteiger partial charge in [0.2, 0.25) is 23.0 Å². The van der Waals surface area contributed by atoms with Gasteiger partial charge in [-0.25, -0.2) is 19.2 Å². The molecule has 0 aliphatic carbocycles. The number of carbonyl (C=O) groups is 4. The van der Waals surface area contributed by atoms with Gasteiger partial charge in [-0.2, -0.15) is 0 Å². The molecule has 0 radical (unpaired) electrons. The summed E-state index contributed by atoms with van der Waals surface area (Å²) in [5.41, 5.74) is -1.81. The monoisotopic (exact) mass is 698 g/mol. The van der Waals surface area contributed by atoms with E-state index in [-0.39, 0.29) is 5.48 Å². The molecule has 4 rings (SSSR count). The summed E-state index contributed by atoms with van der Waals surface area (Å²) in [6.45, 7) is 0. The van der Waals surface area contributed by atoms with Gasteiger partial charge in [0, 0.05) is 0 Å². The zero-order chi connectivity index (χ0) is 37.2. The first-order valence-electron chi connectivity index (χ1n) is 12.0. The molecule has 21 nitrogen and oxygen atoms in total. The van der Waals surface area contributed by atoms with Crippen molar-refractivity contribution in [1.29, 1.82) is 0 Å². The predicted octanol–water partition coefficient (Wildman–Crippen LogP) is 1.18. The van der Waals surface area contributed by atoms with Crippen LogP contribution in [0.25, 0.3) is 0 Å². The average molecular weight is 698 g/mol. The third-order valence-electron chi connectivity index (χ3n) is 5.44. The van der Waals surface area contributed by atoms with Gasteiger partial charge in [0.05, 0.1) is 0 Å². The first-order valence-corrected chi connectivity index (χ1v) is 12.0. The molecule has 4 aromatic rings. The Morgan fingerprint density at radius 3 is 0.551 bits per heavy atom. The zero-order valence-corrected chi connectivity index (χ0v) is 23.9. The highest BCUT2D eigenvalue weighted by Gasteiger charge is 2.18. The van der Waals surface area contributed by atoms with Crippen LogP contribution in [0.4, 0.5) is 0 Å². The van der Waals surface area contributed by atoms with Crippen molar-refractivity contribution >= 4 is 23.9 Å². The van der Waals surface area contributed by atoms with Crippen molar-refractivity contribution in [1.82, 2.24) is 0 Å². The Bertz CT molecular complexity index is 1590. The first-order chi connectivity index (χ1) is 22.1. The summed E-state index contributed by atoms with van der Waals surface area (Å²) in [5.74, 6) is -14.3. The van der Waals surface area contributed by atoms with E-state index in [0.717, 1.165) is 48.5 Å². The van der Waals surface area contributed by atoms with Gasteiger partial charge in [-0.15, -0.1) is 0 Å². The fourth-order valence-electron chi connectivity index (χ4n) is 2.97. The van der Waals surface area contributed by atoms with Gasteiger partial charge in [0.1, 0.15) is 22.3 Å². The lowest BCUT2D eigenvalue weighted by molar-refractivity contribution is 0.0681. The highest BCUT2D eigenvalue weighted by Crippen LogP contribution is 2.39. The maximum atomic E-state index is 10.3. The van der Waals surface area contributed by atoms with Crippen molar-refractivity contribution in [3.05, 3.63) is 70.8 Å². The number of aromatic hydroxyl groups is 12. The lowest BCUT2D eigenvalue weighted by Gasteiger charge is -2.02. The van der Waals surface area contributed by atoms with Crippen molar-refractivity contribution in [2.75, 3.05) is 0 Å². The van der Waals surface area contributed by atoms with Gasteiger partial charge >= 0.3 is 23.9 Å². The third-order valence-corrected chi connectivity index (χ3v) is 5.44. The molecule has 0 unspecified atom stereocenters. The van der Waals surface area contributed by atoms with Gasteiger partial charge in [-0.1, -0.05) is 0 Å². The SMILES string of the molecule is O.O=C(O)c1ccc(O)c(O)c1O.O=C(O)c1ccc(O)c(O)c1O.O=C(O)c1ccc(O)c(O)c1O.O=C(O)c1ccc(O)c(O)c1O. The number of phenolic OH excluding ortho intramolecular Hbond substituents is 8. The van der Waals surface area contributed by atoms with E-state index in [4.69, 9.17) is 81.7 Å². The molecule has 0 aliphatic rings. The van der Waals surface area contributed by atoms with Crippen LogP contribution in [0.15, 0.2) is 48.5 Å². The molecular formula is C28H26O21. The molecule has 0 spiro atoms. The number of carboxylic acid groups (broad SMARTS) is 4. The van der Waals surface area contributed by atoms with Gasteiger partial charge in [-0.05, 0) is 48.5 Å². The summed E-state index contributed by atoms with van der Waals surface area (Å²) in [6.07, 6.45) is 0. The van der Waals surface area contributed by atoms with E-state index in [1.165, 1.54) is 0 Å². The van der Waals surface area contributed by atoms with Crippen molar-refractivity contribution in [2.45, 2.75) is 0 Å². The maximum absolute atomic E-state index is 10.3. The quantitative estimate of drug-likeness (QED) is 0.133. The van der Waals surface area contributed by atoms with Crippen LogP contribution in [0.3, 0.4) is 0 Å². The first kappa shape index (κ1) is 41.3. The van der Waals surface area contributed by atoms with E-state index < -0.39 is 115 Å². The van der Waals surface area contributed by atoms with Gasteiger partial charge < -0.3 is 87.2 Å². The number of rotatable bonds is 4. The molecule has 4 aromatic carbocycles. The zero-order valence-electron chi connectivity index (χ0n) is 23.9. The summed E-state index contributed by atoms with van der Waals surface area (Å²) < 4.78 is 0. The number of aromatic carboxylic acids is 4. The molecule has 21 heteroatoms. The lowest BCUT2D eigenvalue weighted by atomic mass is 10.2. The van der Waals surface area contributed by atoms with Crippen molar-refractivity contribution < 1.29 is 106 Å². The van der Waals surface area contributed by atoms with Crippen molar-refractivity contribution in [3.8, 4) is 69.0 Å². The van der Waals surface area contributed by atoms with E-state index >= 15 is 0 Å². The molecule has 18 N–H and O–H groups in total. The van der Waals surface area contributed by atoms with E-state index in [9.17, 15) is 19.2 Å². The summed E-state index contributed by atoms with van der Waals surface area (Å²) >= 11 is 0. The highest BCUT2D eigenvalue weighted by molar-refractivity contribution is 5.94. The van der Waals surface area contributed by atoms with Gasteiger partial charge in [-0.3, -0.25) is 0 Å². The second kappa shape index (κ2) is 17.1. The summed E-state index contributed by atoms with van der Waals surface area (Å²) in [6, 6.07) is 7.91. The molecule has 0 aliphatic heterocycles. The topological polar surface area (TPSA) is 423 Å². The molecule has 0 fully saturated rings. The second-order valence-electron chi connectivity index (χ2n) is 8.54. The lowest BCUT2D eigenvalue weighted by Crippen LogP contribution is -1.96. The smallest absolute Gasteiger partial charge is 0.339 e. The Labute approximate surface area is 270 Å². The summed E-state index contributed by atoms with van der Waals surface area (Å²) in [4.78, 5) is 41.3. The fourth-order valence-corrected chi connectivity index (χ4v) is 2.97. The molecule has 0 aromatic heterocycles. The van der Waals surface area contributed by atoms with E-state index in [0.29, 0.717) is 0 Å². The van der Waals surface area contributed by atoms with E-state index in [2.05, 4.69) is 0 Å². The second-order valence-corrected chi connectivity index (χ2v) is 8.54. The summed E-state index contributed by atoms with van der Waals surface area (Å²) in [5, 5.41) is 140. The minimum Gasteiger partial charge on any atom is -0.504 e. The van der Waals surface area contributed by atoms with Gasteiger partial charge in [0.25, 0.3) is 0 Å². The molecule has 0 bridgehead atoms. The molecule has 0 amide bonds. The molecule has 0 heterocycles. The van der Waals surface area contributed by atoms with Gasteiger partial charge in [0.15, 0.2) is 46.0 Å². The van der Waals surface area contributed by atoms with Crippen LogP contribution in [0, 0.1) is 0 Å². The molecule has 49 heavy (non-hydrogen) atoms. The Morgan fingerprint density at radius 2 is 0.429 bits per heavy atom. The van der Waals surface area contributed by atoms with Crippen LogP contribution < -0.4 is 0 Å². The molecule has 264 valence electrons. The largest absolute Gasteiger partial charge is 0.504 e. The van der Waals surface area contributed by atoms with Crippen molar-refractivity contribution in [2.24, 2.45) is 0 Å². The predicted molar refractivity (Wildman–Crippen MR) is 157 cm³/mol. The number of benzene rings is 4. The molecule has 0 saturated carbocycles. The standard InChI is InChI=1S/4C7H6O5.H2O/c4*8-4-2-1-3(7(11)12)5(9)6(4)10;/h4*1-2,8-10H,(H,11,12);1H2. The Morgan fingerprint density at radius 1 is 0.286 bits per heavy atom. The number of hydrogen-bond donors (Lipinski definition) is 16. The van der Waals surface area contributed by atoms with Crippen LogP contribution in [0.2, 0.25) is 0 Å². The average Bonchev–Trinajstić information content (AvgIpc) is 3.00. The van der Waals surface area contributed by atoms with Crippen LogP contribution in [0.5, 0.6) is 69.0 Å². The number of hydrogen-bond acceptors (Lipinski definition) is 16. The minimum absolute atomic E-state index is 0. The Hall–Kier alpha value is -7.68. The van der Waals surface area contributed by atoms with Crippen LogP contribution in [-0.4, -0.2) is 111 Å². The van der Waals surface area contributed by atoms with Crippen LogP contribution in [-0.2, 0) is 0 Å². The van der Waals surface area contributed by atoms with E-state index in [1.807, 2.05) is 0 Å².